The minimum atomic E-state index is -0.454. The van der Waals surface area contributed by atoms with Gasteiger partial charge in [-0.15, -0.1) is 0 Å². The molecule has 1 saturated heterocycles. The van der Waals surface area contributed by atoms with E-state index in [0.717, 1.165) is 56.4 Å². The fourth-order valence-corrected chi connectivity index (χ4v) is 4.68. The Labute approximate surface area is 171 Å². The van der Waals surface area contributed by atoms with Gasteiger partial charge in [-0.25, -0.2) is 0 Å². The second kappa shape index (κ2) is 8.14. The van der Waals surface area contributed by atoms with Crippen molar-refractivity contribution in [2.24, 2.45) is 0 Å². The van der Waals surface area contributed by atoms with E-state index in [-0.39, 0.29) is 5.91 Å². The Morgan fingerprint density at radius 2 is 1.79 bits per heavy atom. The zero-order valence-electron chi connectivity index (χ0n) is 16.3. The molecule has 4 nitrogen and oxygen atoms in total. The third-order valence-corrected chi connectivity index (χ3v) is 6.51. The number of nitrogens with one attached hydrogen (secondary N) is 1. The summed E-state index contributed by atoms with van der Waals surface area (Å²) in [6, 6.07) is 15.9. The molecule has 4 rings (SSSR count). The van der Waals surface area contributed by atoms with Crippen LogP contribution in [0.1, 0.15) is 37.7 Å². The van der Waals surface area contributed by atoms with Gasteiger partial charge >= 0.3 is 0 Å². The minimum absolute atomic E-state index is 0.0840. The highest BCUT2D eigenvalue weighted by molar-refractivity contribution is 6.30. The quantitative estimate of drug-likeness (QED) is 0.769. The highest BCUT2D eigenvalue weighted by atomic mass is 35.5. The summed E-state index contributed by atoms with van der Waals surface area (Å²) < 4.78 is 5.45. The maximum Gasteiger partial charge on any atom is 0.235 e. The molecule has 2 aliphatic rings. The normalized spacial score (nSPS) is 21.1. The second-order valence-electron chi connectivity index (χ2n) is 7.89. The molecule has 0 spiro atoms. The van der Waals surface area contributed by atoms with Gasteiger partial charge in [0.25, 0.3) is 0 Å². The predicted molar refractivity (Wildman–Crippen MR) is 114 cm³/mol. The first-order chi connectivity index (χ1) is 13.6. The number of hydrogen-bond acceptors (Lipinski definition) is 3. The van der Waals surface area contributed by atoms with Crippen molar-refractivity contribution in [3.8, 4) is 0 Å². The summed E-state index contributed by atoms with van der Waals surface area (Å²) in [5.74, 6) is 0.0840. The lowest BCUT2D eigenvalue weighted by molar-refractivity contribution is -0.121. The molecule has 1 aliphatic heterocycles. The molecule has 1 unspecified atom stereocenters. The summed E-state index contributed by atoms with van der Waals surface area (Å²) in [6.45, 7) is 1.92. The van der Waals surface area contributed by atoms with E-state index in [9.17, 15) is 4.79 Å². The van der Waals surface area contributed by atoms with Crippen LogP contribution in [0.15, 0.2) is 48.5 Å². The fraction of sp³-hybridized carbons (Fsp3) is 0.435. The highest BCUT2D eigenvalue weighted by Crippen LogP contribution is 2.42. The molecule has 1 aliphatic carbocycles. The monoisotopic (exact) mass is 398 g/mol. The van der Waals surface area contributed by atoms with E-state index in [4.69, 9.17) is 16.3 Å². The Balaban J connectivity index is 1.48. The van der Waals surface area contributed by atoms with Gasteiger partial charge in [0.05, 0.1) is 11.5 Å². The van der Waals surface area contributed by atoms with Crippen LogP contribution >= 0.6 is 11.6 Å². The van der Waals surface area contributed by atoms with E-state index in [1.165, 1.54) is 5.69 Å². The molecule has 148 valence electrons. The average Bonchev–Trinajstić information content (AvgIpc) is 3.39. The second-order valence-corrected chi connectivity index (χ2v) is 8.33. The summed E-state index contributed by atoms with van der Waals surface area (Å²) in [5.41, 5.74) is 2.62. The molecule has 28 heavy (non-hydrogen) atoms. The van der Waals surface area contributed by atoms with E-state index in [1.807, 2.05) is 36.4 Å². The highest BCUT2D eigenvalue weighted by Gasteiger charge is 2.42. The number of rotatable bonds is 5. The van der Waals surface area contributed by atoms with Crippen LogP contribution in [-0.2, 0) is 14.9 Å². The van der Waals surface area contributed by atoms with Crippen molar-refractivity contribution in [3.05, 3.63) is 59.1 Å². The lowest BCUT2D eigenvalue weighted by atomic mass is 9.78. The zero-order chi connectivity index (χ0) is 19.6. The number of carbonyl (C=O) groups excluding carboxylic acids is 1. The number of anilines is 2. The van der Waals surface area contributed by atoms with Crippen molar-refractivity contribution >= 4 is 28.9 Å². The SMILES string of the molecule is COC1CCN(c2ccc(NC(=O)C3(c4ccc(Cl)cc4)CCCC3)cc2)C1. The lowest BCUT2D eigenvalue weighted by Gasteiger charge is -2.28. The van der Waals surface area contributed by atoms with Crippen LogP contribution in [0.5, 0.6) is 0 Å². The lowest BCUT2D eigenvalue weighted by Crippen LogP contribution is -2.38. The van der Waals surface area contributed by atoms with Crippen molar-refractivity contribution in [2.75, 3.05) is 30.4 Å². The van der Waals surface area contributed by atoms with E-state index in [0.29, 0.717) is 11.1 Å². The molecule has 1 amide bonds. The first-order valence-corrected chi connectivity index (χ1v) is 10.4. The van der Waals surface area contributed by atoms with Crippen LogP contribution in [-0.4, -0.2) is 32.2 Å². The Bertz CT molecular complexity index is 814. The van der Waals surface area contributed by atoms with Crippen molar-refractivity contribution in [1.82, 2.24) is 0 Å². The number of methoxy groups -OCH3 is 1. The average molecular weight is 399 g/mol. The number of ether oxygens (including phenoxy) is 1. The van der Waals surface area contributed by atoms with Crippen LogP contribution in [0, 0.1) is 0 Å². The number of halogens is 1. The van der Waals surface area contributed by atoms with Gasteiger partial charge in [0.15, 0.2) is 0 Å². The van der Waals surface area contributed by atoms with E-state index >= 15 is 0 Å². The molecule has 1 saturated carbocycles. The van der Waals surface area contributed by atoms with Crippen molar-refractivity contribution in [2.45, 2.75) is 43.6 Å². The molecule has 2 fully saturated rings. The standard InChI is InChI=1S/C23H27ClN2O2/c1-28-21-12-15-26(16-21)20-10-8-19(9-11-20)25-22(27)23(13-2-3-14-23)17-4-6-18(24)7-5-17/h4-11,21H,2-3,12-16H2,1H3,(H,25,27). The Hall–Kier alpha value is -2.04. The predicted octanol–water partition coefficient (Wildman–Crippen LogP) is 5.02. The molecular formula is C23H27ClN2O2. The molecule has 0 radical (unpaired) electrons. The minimum Gasteiger partial charge on any atom is -0.380 e. The first-order valence-electron chi connectivity index (χ1n) is 10.1. The molecule has 0 aromatic heterocycles. The molecular weight excluding hydrogens is 372 g/mol. The van der Waals surface area contributed by atoms with E-state index in [2.05, 4.69) is 22.3 Å². The molecule has 0 bridgehead atoms. The van der Waals surface area contributed by atoms with Gasteiger partial charge in [-0.2, -0.15) is 0 Å². The number of benzene rings is 2. The summed E-state index contributed by atoms with van der Waals surface area (Å²) in [6.07, 6.45) is 5.27. The maximum absolute atomic E-state index is 13.3. The van der Waals surface area contributed by atoms with Crippen LogP contribution in [0.4, 0.5) is 11.4 Å². The van der Waals surface area contributed by atoms with Crippen LogP contribution in [0.25, 0.3) is 0 Å². The summed E-state index contributed by atoms with van der Waals surface area (Å²) in [5, 5.41) is 3.86. The van der Waals surface area contributed by atoms with E-state index in [1.54, 1.807) is 7.11 Å². The first kappa shape index (κ1) is 19.3. The van der Waals surface area contributed by atoms with Gasteiger partial charge in [0.1, 0.15) is 0 Å². The van der Waals surface area contributed by atoms with Crippen LogP contribution in [0.3, 0.4) is 0 Å². The smallest absolute Gasteiger partial charge is 0.235 e. The Morgan fingerprint density at radius 1 is 1.11 bits per heavy atom. The number of hydrogen-bond donors (Lipinski definition) is 1. The van der Waals surface area contributed by atoms with Crippen molar-refractivity contribution in [1.29, 1.82) is 0 Å². The maximum atomic E-state index is 13.3. The van der Waals surface area contributed by atoms with Gasteiger partial charge < -0.3 is 15.0 Å². The fourth-order valence-electron chi connectivity index (χ4n) is 4.56. The van der Waals surface area contributed by atoms with Crippen LogP contribution < -0.4 is 10.2 Å². The summed E-state index contributed by atoms with van der Waals surface area (Å²) >= 11 is 6.05. The Kier molecular flexibility index (Phi) is 5.61. The third-order valence-electron chi connectivity index (χ3n) is 6.26. The third kappa shape index (κ3) is 3.76. The molecule has 5 heteroatoms. The van der Waals surface area contributed by atoms with Crippen molar-refractivity contribution < 1.29 is 9.53 Å². The van der Waals surface area contributed by atoms with E-state index < -0.39 is 5.41 Å². The molecule has 2 aromatic rings. The topological polar surface area (TPSA) is 41.6 Å². The van der Waals surface area contributed by atoms with Gasteiger partial charge in [-0.3, -0.25) is 4.79 Å². The zero-order valence-corrected chi connectivity index (χ0v) is 17.0. The summed E-state index contributed by atoms with van der Waals surface area (Å²) in [4.78, 5) is 15.6. The summed E-state index contributed by atoms with van der Waals surface area (Å²) in [7, 11) is 1.77. The molecule has 1 N–H and O–H groups in total. The van der Waals surface area contributed by atoms with Gasteiger partial charge in [0.2, 0.25) is 5.91 Å². The molecule has 1 atom stereocenters. The van der Waals surface area contributed by atoms with Crippen LogP contribution in [0.2, 0.25) is 5.02 Å². The largest absolute Gasteiger partial charge is 0.380 e. The van der Waals surface area contributed by atoms with Crippen molar-refractivity contribution in [3.63, 3.8) is 0 Å². The number of amides is 1. The molecule has 1 heterocycles. The number of carbonyl (C=O) groups is 1. The van der Waals surface area contributed by atoms with Gasteiger partial charge in [-0.05, 0) is 61.2 Å². The van der Waals surface area contributed by atoms with Gasteiger partial charge in [0, 0.05) is 36.6 Å². The Morgan fingerprint density at radius 3 is 2.39 bits per heavy atom. The number of nitrogens with zero attached hydrogens (tertiary/aromatic N) is 1. The molecule has 2 aromatic carbocycles. The van der Waals surface area contributed by atoms with Gasteiger partial charge in [-0.1, -0.05) is 36.6 Å².